The normalized spacial score (nSPS) is 14.6. The average Bonchev–Trinajstić information content (AvgIpc) is 2.61. The summed E-state index contributed by atoms with van der Waals surface area (Å²) in [5.74, 6) is -0.0263. The minimum atomic E-state index is -0.163. The zero-order chi connectivity index (χ0) is 18.4. The number of piperazine rings is 1. The van der Waals surface area contributed by atoms with Crippen LogP contribution in [0.15, 0.2) is 24.3 Å². The minimum absolute atomic E-state index is 0.0147. The third-order valence-electron chi connectivity index (χ3n) is 4.34. The fourth-order valence-electron chi connectivity index (χ4n) is 2.87. The number of nitrogens with one attached hydrogen (secondary N) is 1. The Kier molecular flexibility index (Phi) is 6.56. The van der Waals surface area contributed by atoms with Crippen LogP contribution in [0.5, 0.6) is 0 Å². The van der Waals surface area contributed by atoms with Crippen LogP contribution in [0.3, 0.4) is 0 Å². The largest absolute Gasteiger partial charge is 0.352 e. The van der Waals surface area contributed by atoms with Gasteiger partial charge in [0.1, 0.15) is 0 Å². The van der Waals surface area contributed by atoms with Gasteiger partial charge < -0.3 is 15.1 Å². The maximum Gasteiger partial charge on any atom is 0.251 e. The van der Waals surface area contributed by atoms with E-state index in [4.69, 9.17) is 0 Å². The van der Waals surface area contributed by atoms with E-state index in [-0.39, 0.29) is 30.1 Å². The van der Waals surface area contributed by atoms with Gasteiger partial charge in [-0.05, 0) is 19.1 Å². The Bertz CT molecular complexity index is 635. The van der Waals surface area contributed by atoms with Crippen molar-refractivity contribution in [3.8, 4) is 0 Å². The van der Waals surface area contributed by atoms with Crippen molar-refractivity contribution in [3.05, 3.63) is 35.4 Å². The van der Waals surface area contributed by atoms with Gasteiger partial charge in [-0.2, -0.15) is 0 Å². The summed E-state index contributed by atoms with van der Waals surface area (Å²) in [6.07, 6.45) is 0.273. The van der Waals surface area contributed by atoms with Crippen LogP contribution in [-0.4, -0.2) is 60.2 Å². The van der Waals surface area contributed by atoms with Gasteiger partial charge in [-0.3, -0.25) is 14.4 Å². The molecule has 1 heterocycles. The molecule has 0 aromatic heterocycles. The fourth-order valence-corrected chi connectivity index (χ4v) is 2.87. The number of carbonyl (C=O) groups excluding carboxylic acids is 3. The summed E-state index contributed by atoms with van der Waals surface area (Å²) in [7, 11) is 0. The summed E-state index contributed by atoms with van der Waals surface area (Å²) in [6.45, 7) is 8.30. The zero-order valence-corrected chi connectivity index (χ0v) is 15.2. The van der Waals surface area contributed by atoms with Crippen molar-refractivity contribution in [1.29, 1.82) is 0 Å². The highest BCUT2D eigenvalue weighted by Crippen LogP contribution is 2.08. The van der Waals surface area contributed by atoms with E-state index in [1.165, 1.54) is 0 Å². The van der Waals surface area contributed by atoms with Gasteiger partial charge in [-0.1, -0.05) is 31.5 Å². The first-order valence-corrected chi connectivity index (χ1v) is 8.80. The molecule has 1 N–H and O–H groups in total. The molecule has 0 spiro atoms. The molecule has 3 amide bonds. The first-order chi connectivity index (χ1) is 11.9. The van der Waals surface area contributed by atoms with Crippen molar-refractivity contribution in [2.45, 2.75) is 27.2 Å². The number of nitrogens with zero attached hydrogens (tertiary/aromatic N) is 2. The Morgan fingerprint density at radius 1 is 1.08 bits per heavy atom. The third kappa shape index (κ3) is 5.31. The van der Waals surface area contributed by atoms with Gasteiger partial charge in [-0.25, -0.2) is 0 Å². The summed E-state index contributed by atoms with van der Waals surface area (Å²) < 4.78 is 0. The molecule has 6 heteroatoms. The summed E-state index contributed by atoms with van der Waals surface area (Å²) in [4.78, 5) is 39.8. The lowest BCUT2D eigenvalue weighted by molar-refractivity contribution is -0.141. The molecule has 25 heavy (non-hydrogen) atoms. The number of hydrogen-bond donors (Lipinski definition) is 1. The van der Waals surface area contributed by atoms with Crippen molar-refractivity contribution in [2.75, 3.05) is 32.7 Å². The van der Waals surface area contributed by atoms with Crippen molar-refractivity contribution in [3.63, 3.8) is 0 Å². The molecule has 1 aliphatic rings. The molecule has 0 bridgehead atoms. The van der Waals surface area contributed by atoms with E-state index >= 15 is 0 Å². The first kappa shape index (κ1) is 19.0. The van der Waals surface area contributed by atoms with E-state index in [0.29, 0.717) is 38.3 Å². The number of aryl methyl sites for hydroxylation is 1. The van der Waals surface area contributed by atoms with Gasteiger partial charge in [0, 0.05) is 50.6 Å². The highest BCUT2D eigenvalue weighted by molar-refractivity contribution is 5.94. The predicted molar refractivity (Wildman–Crippen MR) is 96.1 cm³/mol. The topological polar surface area (TPSA) is 69.7 Å². The molecule has 1 aliphatic heterocycles. The quantitative estimate of drug-likeness (QED) is 0.878. The van der Waals surface area contributed by atoms with E-state index < -0.39 is 0 Å². The summed E-state index contributed by atoms with van der Waals surface area (Å²) in [5.41, 5.74) is 1.63. The molecule has 1 aromatic rings. The number of carbonyl (C=O) groups is 3. The molecule has 2 rings (SSSR count). The Labute approximate surface area is 149 Å². The van der Waals surface area contributed by atoms with Crippen LogP contribution in [0.2, 0.25) is 0 Å². The van der Waals surface area contributed by atoms with E-state index in [2.05, 4.69) is 5.32 Å². The van der Waals surface area contributed by atoms with Crippen molar-refractivity contribution < 1.29 is 14.4 Å². The van der Waals surface area contributed by atoms with Crippen LogP contribution < -0.4 is 5.32 Å². The van der Waals surface area contributed by atoms with Gasteiger partial charge >= 0.3 is 0 Å². The van der Waals surface area contributed by atoms with Crippen LogP contribution in [0.25, 0.3) is 0 Å². The Hall–Kier alpha value is -2.37. The van der Waals surface area contributed by atoms with Gasteiger partial charge in [0.15, 0.2) is 0 Å². The number of benzene rings is 1. The Morgan fingerprint density at radius 2 is 1.72 bits per heavy atom. The molecule has 0 radical (unpaired) electrons. The maximum atomic E-state index is 12.3. The highest BCUT2D eigenvalue weighted by Gasteiger charge is 2.25. The molecule has 6 nitrogen and oxygen atoms in total. The number of rotatable bonds is 5. The standard InChI is InChI=1S/C19H27N3O3/c1-14(2)19(25)22-11-9-21(10-12-22)17(23)7-8-20-18(24)16-6-4-5-15(3)13-16/h4-6,13-14H,7-12H2,1-3H3,(H,20,24). The van der Waals surface area contributed by atoms with Crippen molar-refractivity contribution in [2.24, 2.45) is 5.92 Å². The van der Waals surface area contributed by atoms with Gasteiger partial charge in [0.05, 0.1) is 0 Å². The zero-order valence-electron chi connectivity index (χ0n) is 15.2. The van der Waals surface area contributed by atoms with E-state index in [9.17, 15) is 14.4 Å². The molecule has 0 atom stereocenters. The van der Waals surface area contributed by atoms with Crippen molar-refractivity contribution in [1.82, 2.24) is 15.1 Å². The fraction of sp³-hybridized carbons (Fsp3) is 0.526. The molecule has 1 saturated heterocycles. The Morgan fingerprint density at radius 3 is 2.32 bits per heavy atom. The smallest absolute Gasteiger partial charge is 0.251 e. The first-order valence-electron chi connectivity index (χ1n) is 8.80. The summed E-state index contributed by atoms with van der Waals surface area (Å²) in [5, 5.41) is 2.79. The monoisotopic (exact) mass is 345 g/mol. The predicted octanol–water partition coefficient (Wildman–Crippen LogP) is 1.44. The minimum Gasteiger partial charge on any atom is -0.352 e. The lowest BCUT2D eigenvalue weighted by atomic mass is 10.1. The Balaban J connectivity index is 1.73. The molecule has 0 aliphatic carbocycles. The molecule has 0 saturated carbocycles. The van der Waals surface area contributed by atoms with Crippen LogP contribution >= 0.6 is 0 Å². The van der Waals surface area contributed by atoms with Gasteiger partial charge in [0.25, 0.3) is 5.91 Å². The number of hydrogen-bond acceptors (Lipinski definition) is 3. The van der Waals surface area contributed by atoms with Crippen LogP contribution in [-0.2, 0) is 9.59 Å². The second kappa shape index (κ2) is 8.65. The van der Waals surface area contributed by atoms with Crippen LogP contribution in [0, 0.1) is 12.8 Å². The maximum absolute atomic E-state index is 12.3. The molecule has 0 unspecified atom stereocenters. The van der Waals surface area contributed by atoms with Gasteiger partial charge in [0.2, 0.25) is 11.8 Å². The summed E-state index contributed by atoms with van der Waals surface area (Å²) >= 11 is 0. The molecule has 1 fully saturated rings. The average molecular weight is 345 g/mol. The second-order valence-electron chi connectivity index (χ2n) is 6.74. The van der Waals surface area contributed by atoms with E-state index in [1.54, 1.807) is 11.0 Å². The van der Waals surface area contributed by atoms with E-state index in [1.807, 2.05) is 43.9 Å². The molecular formula is C19H27N3O3. The van der Waals surface area contributed by atoms with Crippen LogP contribution in [0.4, 0.5) is 0 Å². The van der Waals surface area contributed by atoms with Crippen molar-refractivity contribution >= 4 is 17.7 Å². The second-order valence-corrected chi connectivity index (χ2v) is 6.74. The van der Waals surface area contributed by atoms with Crippen LogP contribution in [0.1, 0.15) is 36.2 Å². The lowest BCUT2D eigenvalue weighted by Crippen LogP contribution is -2.51. The molecule has 1 aromatic carbocycles. The highest BCUT2D eigenvalue weighted by atomic mass is 16.2. The third-order valence-corrected chi connectivity index (χ3v) is 4.34. The van der Waals surface area contributed by atoms with E-state index in [0.717, 1.165) is 5.56 Å². The molecular weight excluding hydrogens is 318 g/mol. The molecule has 136 valence electrons. The summed E-state index contributed by atoms with van der Waals surface area (Å²) in [6, 6.07) is 7.36. The number of amides is 3. The SMILES string of the molecule is Cc1cccc(C(=O)NCCC(=O)N2CCN(C(=O)C(C)C)CC2)c1. The van der Waals surface area contributed by atoms with Gasteiger partial charge in [-0.15, -0.1) is 0 Å². The lowest BCUT2D eigenvalue weighted by Gasteiger charge is -2.35.